The number of benzene rings is 2. The van der Waals surface area contributed by atoms with E-state index in [9.17, 15) is 4.79 Å². The molecule has 1 aromatic heterocycles. The van der Waals surface area contributed by atoms with Gasteiger partial charge in [-0.1, -0.05) is 37.3 Å². The zero-order valence-electron chi connectivity index (χ0n) is 16.6. The Morgan fingerprint density at radius 3 is 2.24 bits per heavy atom. The molecule has 1 aliphatic rings. The first-order chi connectivity index (χ1) is 14.2. The van der Waals surface area contributed by atoms with Crippen molar-refractivity contribution in [3.8, 4) is 0 Å². The van der Waals surface area contributed by atoms with E-state index in [1.807, 2.05) is 35.2 Å². The summed E-state index contributed by atoms with van der Waals surface area (Å²) in [6.07, 6.45) is 1.01. The van der Waals surface area contributed by atoms with Crippen molar-refractivity contribution in [3.63, 3.8) is 0 Å². The molecule has 0 atom stereocenters. The third-order valence-corrected chi connectivity index (χ3v) is 5.21. The lowest BCUT2D eigenvalue weighted by molar-refractivity contribution is 0.0739. The van der Waals surface area contributed by atoms with Crippen molar-refractivity contribution in [2.75, 3.05) is 36.4 Å². The monoisotopic (exact) mass is 387 g/mol. The van der Waals surface area contributed by atoms with Crippen LogP contribution in [0.1, 0.15) is 23.0 Å². The van der Waals surface area contributed by atoms with E-state index in [0.29, 0.717) is 24.6 Å². The fraction of sp³-hybridized carbons (Fsp3) is 0.261. The van der Waals surface area contributed by atoms with Crippen LogP contribution in [-0.4, -0.2) is 47.2 Å². The molecule has 1 N–H and O–H groups in total. The summed E-state index contributed by atoms with van der Waals surface area (Å²) in [7, 11) is 0. The van der Waals surface area contributed by atoms with Crippen molar-refractivity contribution in [2.45, 2.75) is 13.3 Å². The van der Waals surface area contributed by atoms with E-state index in [2.05, 4.69) is 51.6 Å². The molecule has 1 fully saturated rings. The number of nitrogens with one attached hydrogen (secondary N) is 1. The fourth-order valence-electron chi connectivity index (χ4n) is 3.45. The van der Waals surface area contributed by atoms with Gasteiger partial charge in [0.2, 0.25) is 0 Å². The number of para-hydroxylation sites is 1. The predicted octanol–water partition coefficient (Wildman–Crippen LogP) is 3.75. The third kappa shape index (κ3) is 4.54. The van der Waals surface area contributed by atoms with E-state index < -0.39 is 0 Å². The van der Waals surface area contributed by atoms with Gasteiger partial charge in [0.25, 0.3) is 5.91 Å². The molecule has 1 amide bonds. The van der Waals surface area contributed by atoms with Gasteiger partial charge in [0.05, 0.1) is 0 Å². The maximum atomic E-state index is 12.8. The Labute approximate surface area is 171 Å². The zero-order valence-corrected chi connectivity index (χ0v) is 16.6. The highest BCUT2D eigenvalue weighted by atomic mass is 16.2. The molecule has 0 spiro atoms. The largest absolute Gasteiger partial charge is 0.368 e. The third-order valence-electron chi connectivity index (χ3n) is 5.21. The van der Waals surface area contributed by atoms with E-state index in [-0.39, 0.29) is 5.91 Å². The van der Waals surface area contributed by atoms with Crippen LogP contribution in [0, 0.1) is 0 Å². The molecule has 0 aliphatic carbocycles. The maximum Gasteiger partial charge on any atom is 0.274 e. The van der Waals surface area contributed by atoms with Crippen molar-refractivity contribution in [3.05, 3.63) is 78.0 Å². The van der Waals surface area contributed by atoms with E-state index in [0.717, 1.165) is 25.2 Å². The lowest BCUT2D eigenvalue weighted by Crippen LogP contribution is -2.49. The number of piperazine rings is 1. The molecular formula is C23H25N5O. The smallest absolute Gasteiger partial charge is 0.274 e. The summed E-state index contributed by atoms with van der Waals surface area (Å²) < 4.78 is 0. The first-order valence-electron chi connectivity index (χ1n) is 10.0. The summed E-state index contributed by atoms with van der Waals surface area (Å²) in [4.78, 5) is 16.9. The molecule has 1 aliphatic heterocycles. The van der Waals surface area contributed by atoms with Gasteiger partial charge in [-0.05, 0) is 48.4 Å². The van der Waals surface area contributed by atoms with Crippen molar-refractivity contribution in [1.29, 1.82) is 0 Å². The van der Waals surface area contributed by atoms with Crippen LogP contribution in [0.15, 0.2) is 66.7 Å². The summed E-state index contributed by atoms with van der Waals surface area (Å²) in [5.74, 6) is 0.559. The Morgan fingerprint density at radius 2 is 1.62 bits per heavy atom. The number of aryl methyl sites for hydroxylation is 1. The molecule has 1 saturated heterocycles. The highest BCUT2D eigenvalue weighted by molar-refractivity contribution is 5.92. The summed E-state index contributed by atoms with van der Waals surface area (Å²) in [5, 5.41) is 11.5. The molecule has 29 heavy (non-hydrogen) atoms. The Bertz CT molecular complexity index is 933. The average Bonchev–Trinajstić information content (AvgIpc) is 2.80. The second-order valence-electron chi connectivity index (χ2n) is 7.09. The quantitative estimate of drug-likeness (QED) is 0.723. The van der Waals surface area contributed by atoms with Crippen LogP contribution >= 0.6 is 0 Å². The topological polar surface area (TPSA) is 61.4 Å². The number of anilines is 3. The SMILES string of the molecule is CCc1ccc(Nc2ccc(C(=O)N3CCN(c4ccccc4)CC3)nn2)cc1. The maximum absolute atomic E-state index is 12.8. The van der Waals surface area contributed by atoms with Crippen LogP contribution in [-0.2, 0) is 6.42 Å². The molecule has 6 heteroatoms. The number of nitrogens with zero attached hydrogens (tertiary/aromatic N) is 4. The second kappa shape index (κ2) is 8.73. The van der Waals surface area contributed by atoms with Crippen molar-refractivity contribution < 1.29 is 4.79 Å². The molecule has 0 bridgehead atoms. The Kier molecular flexibility index (Phi) is 5.70. The molecule has 148 valence electrons. The zero-order chi connectivity index (χ0) is 20.1. The second-order valence-corrected chi connectivity index (χ2v) is 7.09. The summed E-state index contributed by atoms with van der Waals surface area (Å²) in [5.41, 5.74) is 3.81. The van der Waals surface area contributed by atoms with Gasteiger partial charge in [0.15, 0.2) is 11.5 Å². The minimum Gasteiger partial charge on any atom is -0.368 e. The number of hydrogen-bond donors (Lipinski definition) is 1. The molecule has 3 aromatic rings. The van der Waals surface area contributed by atoms with Crippen LogP contribution in [0.4, 0.5) is 17.2 Å². The molecule has 0 saturated carbocycles. The number of rotatable bonds is 5. The van der Waals surface area contributed by atoms with Gasteiger partial charge in [0, 0.05) is 37.6 Å². The molecule has 6 nitrogen and oxygen atoms in total. The molecule has 0 unspecified atom stereocenters. The number of hydrogen-bond acceptors (Lipinski definition) is 5. The molecular weight excluding hydrogens is 362 g/mol. The minimum atomic E-state index is -0.0657. The van der Waals surface area contributed by atoms with Gasteiger partial charge in [-0.25, -0.2) is 0 Å². The average molecular weight is 387 g/mol. The Balaban J connectivity index is 1.34. The predicted molar refractivity (Wildman–Crippen MR) is 116 cm³/mol. The van der Waals surface area contributed by atoms with Crippen LogP contribution < -0.4 is 10.2 Å². The highest BCUT2D eigenvalue weighted by Gasteiger charge is 2.23. The number of amides is 1. The number of carbonyl (C=O) groups excluding carboxylic acids is 1. The highest BCUT2D eigenvalue weighted by Crippen LogP contribution is 2.18. The summed E-state index contributed by atoms with van der Waals surface area (Å²) in [6, 6.07) is 22.0. The van der Waals surface area contributed by atoms with E-state index in [4.69, 9.17) is 0 Å². The summed E-state index contributed by atoms with van der Waals surface area (Å²) >= 11 is 0. The molecule has 4 rings (SSSR count). The number of aromatic nitrogens is 2. The molecule has 0 radical (unpaired) electrons. The van der Waals surface area contributed by atoms with E-state index in [1.54, 1.807) is 12.1 Å². The van der Waals surface area contributed by atoms with Gasteiger partial charge in [-0.3, -0.25) is 4.79 Å². The van der Waals surface area contributed by atoms with Gasteiger partial charge < -0.3 is 15.1 Å². The summed E-state index contributed by atoms with van der Waals surface area (Å²) in [6.45, 7) is 5.12. The minimum absolute atomic E-state index is 0.0657. The van der Waals surface area contributed by atoms with Gasteiger partial charge >= 0.3 is 0 Å². The van der Waals surface area contributed by atoms with Crippen molar-refractivity contribution >= 4 is 23.1 Å². The molecule has 2 aromatic carbocycles. The lowest BCUT2D eigenvalue weighted by atomic mass is 10.1. The standard InChI is InChI=1S/C23H25N5O/c1-2-18-8-10-19(11-9-18)24-22-13-12-21(25-26-22)23(29)28-16-14-27(15-17-28)20-6-4-3-5-7-20/h3-13H,2,14-17H2,1H3,(H,24,26). The molecule has 2 heterocycles. The van der Waals surface area contributed by atoms with Crippen LogP contribution in [0.5, 0.6) is 0 Å². The van der Waals surface area contributed by atoms with Gasteiger partial charge in [0.1, 0.15) is 0 Å². The van der Waals surface area contributed by atoms with Crippen molar-refractivity contribution in [1.82, 2.24) is 15.1 Å². The van der Waals surface area contributed by atoms with Crippen molar-refractivity contribution in [2.24, 2.45) is 0 Å². The van der Waals surface area contributed by atoms with E-state index in [1.165, 1.54) is 11.3 Å². The van der Waals surface area contributed by atoms with Gasteiger partial charge in [-0.2, -0.15) is 0 Å². The Hall–Kier alpha value is -3.41. The van der Waals surface area contributed by atoms with Crippen LogP contribution in [0.3, 0.4) is 0 Å². The van der Waals surface area contributed by atoms with Crippen LogP contribution in [0.25, 0.3) is 0 Å². The van der Waals surface area contributed by atoms with Crippen LogP contribution in [0.2, 0.25) is 0 Å². The fourth-order valence-corrected chi connectivity index (χ4v) is 3.45. The number of carbonyl (C=O) groups is 1. The van der Waals surface area contributed by atoms with E-state index >= 15 is 0 Å². The Morgan fingerprint density at radius 1 is 0.897 bits per heavy atom. The first-order valence-corrected chi connectivity index (χ1v) is 10.0. The van der Waals surface area contributed by atoms with Gasteiger partial charge in [-0.15, -0.1) is 10.2 Å². The first kappa shape index (κ1) is 18.9. The lowest BCUT2D eigenvalue weighted by Gasteiger charge is -2.35. The normalized spacial score (nSPS) is 14.0.